The minimum atomic E-state index is -4.87. The van der Waals surface area contributed by atoms with Crippen LogP contribution in [0.15, 0.2) is 145 Å². The first-order valence-electron chi connectivity index (χ1n) is 18.1. The van der Waals surface area contributed by atoms with Gasteiger partial charge in [-0.2, -0.15) is 13.2 Å². The number of amides is 4. The van der Waals surface area contributed by atoms with Gasteiger partial charge in [0.25, 0.3) is 5.91 Å². The highest BCUT2D eigenvalue weighted by Crippen LogP contribution is 2.20. The van der Waals surface area contributed by atoms with Gasteiger partial charge in [-0.05, 0) is 114 Å². The smallest absolute Gasteiger partial charge is 0.399 e. The van der Waals surface area contributed by atoms with Crippen LogP contribution in [-0.4, -0.2) is 29.8 Å². The molecule has 1 heterocycles. The highest BCUT2D eigenvalue weighted by atomic mass is 32.1. The highest BCUT2D eigenvalue weighted by Gasteiger charge is 2.38. The molecule has 0 saturated heterocycles. The highest BCUT2D eigenvalue weighted by molar-refractivity contribution is 7.12. The second kappa shape index (κ2) is 22.6. The fraction of sp³-hybridized carbons (Fsp3) is 0.136. The van der Waals surface area contributed by atoms with E-state index in [9.17, 15) is 32.3 Å². The lowest BCUT2D eigenvalue weighted by atomic mass is 9.95. The zero-order valence-electron chi connectivity index (χ0n) is 33.0. The van der Waals surface area contributed by atoms with Crippen LogP contribution in [0.5, 0.6) is 0 Å². The van der Waals surface area contributed by atoms with Gasteiger partial charge in [-0.25, -0.2) is 0 Å². The molecule has 0 bridgehead atoms. The Morgan fingerprint density at radius 1 is 0.500 bits per heavy atom. The SMILES string of the molecule is CC(C)(C)C(=O)Nc1ccc(N)cc1.Nc1ccc(NC(=O)C(F)(F)F)cc1.Nc1ccc(NC(=O)Cc2ccccc2)cc1.Nc1ccc(NC(=O)c2cccs2)cc1. The molecule has 6 rings (SSSR count). The quantitative estimate of drug-likeness (QED) is 0.0723. The summed E-state index contributed by atoms with van der Waals surface area (Å²) in [6.07, 6.45) is -4.49. The molecular formula is C44H47F3N8O4S. The molecule has 0 aliphatic carbocycles. The molecule has 0 radical (unpaired) electrons. The summed E-state index contributed by atoms with van der Waals surface area (Å²) >= 11 is 1.42. The molecule has 0 aliphatic heterocycles. The molecule has 0 fully saturated rings. The fourth-order valence-electron chi connectivity index (χ4n) is 4.37. The Morgan fingerprint density at radius 2 is 0.883 bits per heavy atom. The maximum absolute atomic E-state index is 11.8. The van der Waals surface area contributed by atoms with Crippen molar-refractivity contribution >= 4 is 80.5 Å². The molecule has 0 aliphatic rings. The summed E-state index contributed by atoms with van der Waals surface area (Å²) in [5.74, 6) is -2.11. The summed E-state index contributed by atoms with van der Waals surface area (Å²) in [6, 6.07) is 39.9. The number of carbonyl (C=O) groups is 4. The van der Waals surface area contributed by atoms with E-state index in [-0.39, 0.29) is 28.8 Å². The molecule has 0 spiro atoms. The molecule has 12 N–H and O–H groups in total. The zero-order chi connectivity index (χ0) is 44.3. The number of benzene rings is 5. The summed E-state index contributed by atoms with van der Waals surface area (Å²) in [5, 5.41) is 12.0. The van der Waals surface area contributed by atoms with Gasteiger partial charge < -0.3 is 44.2 Å². The van der Waals surface area contributed by atoms with Crippen molar-refractivity contribution in [1.82, 2.24) is 0 Å². The second-order valence-corrected chi connectivity index (χ2v) is 14.7. The Balaban J connectivity index is 0.000000214. The first kappa shape index (κ1) is 47.0. The molecule has 0 unspecified atom stereocenters. The normalized spacial score (nSPS) is 10.4. The number of hydrogen-bond donors (Lipinski definition) is 8. The van der Waals surface area contributed by atoms with E-state index in [2.05, 4.69) is 16.0 Å². The maximum atomic E-state index is 11.8. The molecule has 6 aromatic rings. The Bertz CT molecular complexity index is 2180. The van der Waals surface area contributed by atoms with Crippen molar-refractivity contribution in [2.75, 3.05) is 44.2 Å². The number of carbonyl (C=O) groups excluding carboxylic acids is 4. The van der Waals surface area contributed by atoms with Gasteiger partial charge in [0.1, 0.15) is 0 Å². The third-order valence-corrected chi connectivity index (χ3v) is 8.46. The average molecular weight is 841 g/mol. The van der Waals surface area contributed by atoms with Crippen molar-refractivity contribution in [3.05, 3.63) is 155 Å². The number of rotatable bonds is 7. The molecule has 5 aromatic carbocycles. The summed E-state index contributed by atoms with van der Waals surface area (Å²) in [4.78, 5) is 46.1. The zero-order valence-corrected chi connectivity index (χ0v) is 33.9. The standard InChI is InChI=1S/C14H14N2O.C11H10N2OS.C11H16N2O.C8H7F3N2O/c15-12-6-8-13(9-7-12)16-14(17)10-11-4-2-1-3-5-11;12-8-3-5-9(6-4-8)13-11(14)10-2-1-7-15-10;1-11(2,3)10(14)13-9-6-4-8(12)5-7-9;9-8(10,11)7(14)13-6-3-1-5(12)2-4-6/h1-9H,10,15H2,(H,16,17);1-7H,12H2,(H,13,14);4-7H,12H2,1-3H3,(H,13,14);1-4H,12H2,(H,13,14). The lowest BCUT2D eigenvalue weighted by Crippen LogP contribution is -2.29. The van der Waals surface area contributed by atoms with Gasteiger partial charge in [-0.3, -0.25) is 19.2 Å². The second-order valence-electron chi connectivity index (χ2n) is 13.8. The maximum Gasteiger partial charge on any atom is 0.471 e. The van der Waals surface area contributed by atoms with Gasteiger partial charge in [0.05, 0.1) is 11.3 Å². The number of thiophene rings is 1. The number of alkyl halides is 3. The lowest BCUT2D eigenvalue weighted by Gasteiger charge is -2.17. The lowest BCUT2D eigenvalue weighted by molar-refractivity contribution is -0.167. The van der Waals surface area contributed by atoms with Gasteiger partial charge in [0, 0.05) is 50.9 Å². The Labute approximate surface area is 350 Å². The van der Waals surface area contributed by atoms with Crippen molar-refractivity contribution < 1.29 is 32.3 Å². The van der Waals surface area contributed by atoms with E-state index in [1.807, 2.05) is 62.5 Å². The van der Waals surface area contributed by atoms with Crippen molar-refractivity contribution in [3.8, 4) is 0 Å². The first-order valence-corrected chi connectivity index (χ1v) is 19.0. The minimum Gasteiger partial charge on any atom is -0.399 e. The summed E-state index contributed by atoms with van der Waals surface area (Å²) in [6.45, 7) is 5.62. The largest absolute Gasteiger partial charge is 0.471 e. The van der Waals surface area contributed by atoms with Gasteiger partial charge >= 0.3 is 12.1 Å². The van der Waals surface area contributed by atoms with Crippen LogP contribution >= 0.6 is 11.3 Å². The van der Waals surface area contributed by atoms with Gasteiger partial charge in [-0.1, -0.05) is 57.2 Å². The monoisotopic (exact) mass is 840 g/mol. The number of anilines is 8. The third kappa shape index (κ3) is 17.9. The minimum absolute atomic E-state index is 0.00210. The van der Waals surface area contributed by atoms with Gasteiger partial charge in [-0.15, -0.1) is 11.3 Å². The topological polar surface area (TPSA) is 220 Å². The Kier molecular flexibility index (Phi) is 17.7. The van der Waals surface area contributed by atoms with Crippen LogP contribution in [0.1, 0.15) is 36.0 Å². The van der Waals surface area contributed by atoms with E-state index in [1.165, 1.54) is 35.6 Å². The van der Waals surface area contributed by atoms with Gasteiger partial charge in [0.15, 0.2) is 0 Å². The van der Waals surface area contributed by atoms with Crippen LogP contribution < -0.4 is 44.2 Å². The predicted octanol–water partition coefficient (Wildman–Crippen LogP) is 9.06. The summed E-state index contributed by atoms with van der Waals surface area (Å²) in [7, 11) is 0. The molecule has 12 nitrogen and oxygen atoms in total. The summed E-state index contributed by atoms with van der Waals surface area (Å²) in [5.41, 5.74) is 27.4. The van der Waals surface area contributed by atoms with Crippen LogP contribution in [0.3, 0.4) is 0 Å². The first-order chi connectivity index (χ1) is 28.3. The molecule has 0 saturated carbocycles. The fourth-order valence-corrected chi connectivity index (χ4v) is 4.99. The third-order valence-electron chi connectivity index (χ3n) is 7.59. The van der Waals surface area contributed by atoms with Crippen molar-refractivity contribution in [2.45, 2.75) is 33.4 Å². The van der Waals surface area contributed by atoms with E-state index >= 15 is 0 Å². The number of nitrogens with two attached hydrogens (primary N) is 4. The van der Waals surface area contributed by atoms with Crippen molar-refractivity contribution in [3.63, 3.8) is 0 Å². The van der Waals surface area contributed by atoms with Crippen LogP contribution in [-0.2, 0) is 20.8 Å². The van der Waals surface area contributed by atoms with Crippen LogP contribution in [0, 0.1) is 5.41 Å². The van der Waals surface area contributed by atoms with Crippen molar-refractivity contribution in [2.24, 2.45) is 5.41 Å². The van der Waals surface area contributed by atoms with E-state index in [0.717, 1.165) is 22.6 Å². The molecule has 4 amide bonds. The number of hydrogen-bond acceptors (Lipinski definition) is 9. The molecular weight excluding hydrogens is 794 g/mol. The molecule has 1 aromatic heterocycles. The number of nitrogens with one attached hydrogen (secondary N) is 4. The molecule has 314 valence electrons. The average Bonchev–Trinajstić information content (AvgIpc) is 3.75. The van der Waals surface area contributed by atoms with E-state index < -0.39 is 12.1 Å². The summed E-state index contributed by atoms with van der Waals surface area (Å²) < 4.78 is 35.3. The van der Waals surface area contributed by atoms with Crippen LogP contribution in [0.25, 0.3) is 0 Å². The van der Waals surface area contributed by atoms with Crippen LogP contribution in [0.4, 0.5) is 58.7 Å². The van der Waals surface area contributed by atoms with E-state index in [0.29, 0.717) is 34.0 Å². The molecule has 60 heavy (non-hydrogen) atoms. The number of nitrogen functional groups attached to an aromatic ring is 4. The number of halogens is 3. The predicted molar refractivity (Wildman–Crippen MR) is 237 cm³/mol. The van der Waals surface area contributed by atoms with Gasteiger partial charge in [0.2, 0.25) is 11.8 Å². The Morgan fingerprint density at radius 3 is 1.25 bits per heavy atom. The van der Waals surface area contributed by atoms with E-state index in [1.54, 1.807) is 84.2 Å². The Hall–Kier alpha value is -7.33. The molecule has 16 heteroatoms. The van der Waals surface area contributed by atoms with E-state index in [4.69, 9.17) is 22.9 Å². The van der Waals surface area contributed by atoms with Crippen LogP contribution in [0.2, 0.25) is 0 Å². The molecule has 0 atom stereocenters. The van der Waals surface area contributed by atoms with Crippen molar-refractivity contribution in [1.29, 1.82) is 0 Å².